The molecule has 0 aromatic rings. The van der Waals surface area contributed by atoms with Crippen LogP contribution in [0, 0.1) is 0 Å². The lowest BCUT2D eigenvalue weighted by atomic mass is 10.0. The van der Waals surface area contributed by atoms with E-state index in [9.17, 15) is 4.39 Å². The average molecular weight is 174 g/mol. The van der Waals surface area contributed by atoms with Gasteiger partial charge in [0.05, 0.1) is 5.83 Å². The normalized spacial score (nSPS) is 24.1. The van der Waals surface area contributed by atoms with Gasteiger partial charge in [0, 0.05) is 12.5 Å². The van der Waals surface area contributed by atoms with Crippen LogP contribution in [-0.4, -0.2) is 11.2 Å². The van der Waals surface area contributed by atoms with Crippen molar-refractivity contribution in [3.63, 3.8) is 0 Å². The van der Waals surface area contributed by atoms with Gasteiger partial charge in [-0.2, -0.15) is 0 Å². The van der Waals surface area contributed by atoms with Crippen molar-refractivity contribution < 1.29 is 4.39 Å². The summed E-state index contributed by atoms with van der Waals surface area (Å²) in [6.07, 6.45) is 3.54. The van der Waals surface area contributed by atoms with Crippen LogP contribution in [0.4, 0.5) is 4.39 Å². The van der Waals surface area contributed by atoms with Crippen molar-refractivity contribution in [1.29, 1.82) is 0 Å². The Balaban J connectivity index is 2.35. The second kappa shape index (κ2) is 3.67. The Hall–Kier alpha value is -0.640. The quantitative estimate of drug-likeness (QED) is 0.587. The highest BCUT2D eigenvalue weighted by molar-refractivity contribution is 7.80. The van der Waals surface area contributed by atoms with Crippen LogP contribution in [-0.2, 0) is 0 Å². The minimum Gasteiger partial charge on any atom is -0.376 e. The Morgan fingerprint density at radius 1 is 1.82 bits per heavy atom. The summed E-state index contributed by atoms with van der Waals surface area (Å²) in [7, 11) is 0. The van der Waals surface area contributed by atoms with Crippen LogP contribution in [0.2, 0.25) is 0 Å². The number of rotatable bonds is 1. The molecule has 1 aliphatic carbocycles. The molecule has 1 rings (SSSR count). The molecule has 0 spiro atoms. The third kappa shape index (κ3) is 2.84. The third-order valence-corrected chi connectivity index (χ3v) is 1.82. The second-order valence-electron chi connectivity index (χ2n) is 2.63. The highest BCUT2D eigenvalue weighted by Gasteiger charge is 2.13. The van der Waals surface area contributed by atoms with Gasteiger partial charge in [-0.3, -0.25) is 0 Å². The van der Waals surface area contributed by atoms with Gasteiger partial charge in [0.2, 0.25) is 0 Å². The first-order valence-electron chi connectivity index (χ1n) is 3.59. The molecule has 3 N–H and O–H groups in total. The summed E-state index contributed by atoms with van der Waals surface area (Å²) in [5.74, 6) is -0.0222. The summed E-state index contributed by atoms with van der Waals surface area (Å²) in [5, 5.41) is 3.20. The lowest BCUT2D eigenvalue weighted by Crippen LogP contribution is -2.38. The van der Waals surface area contributed by atoms with Crippen LogP contribution in [0.1, 0.15) is 19.3 Å². The predicted octanol–water partition coefficient (Wildman–Crippen LogP) is 1.23. The van der Waals surface area contributed by atoms with E-state index in [1.807, 2.05) is 0 Å². The number of allylic oxidation sites excluding steroid dienone is 1. The number of hydrogen-bond acceptors (Lipinski definition) is 1. The zero-order valence-electron chi connectivity index (χ0n) is 6.14. The maximum atomic E-state index is 12.5. The lowest BCUT2D eigenvalue weighted by Gasteiger charge is -2.19. The Morgan fingerprint density at radius 3 is 3.00 bits per heavy atom. The second-order valence-corrected chi connectivity index (χ2v) is 3.07. The molecular weight excluding hydrogens is 163 g/mol. The van der Waals surface area contributed by atoms with Gasteiger partial charge in [0.1, 0.15) is 0 Å². The number of nitrogens with one attached hydrogen (secondary N) is 1. The zero-order valence-corrected chi connectivity index (χ0v) is 6.96. The van der Waals surface area contributed by atoms with Gasteiger partial charge < -0.3 is 11.1 Å². The number of thiocarbonyl (C=S) groups is 1. The summed E-state index contributed by atoms with van der Waals surface area (Å²) < 4.78 is 12.5. The first kappa shape index (κ1) is 8.46. The fourth-order valence-corrected chi connectivity index (χ4v) is 1.30. The Morgan fingerprint density at radius 2 is 2.55 bits per heavy atom. The molecule has 0 radical (unpaired) electrons. The molecule has 0 aliphatic heterocycles. The molecule has 1 atom stereocenters. The van der Waals surface area contributed by atoms with E-state index in [4.69, 9.17) is 5.73 Å². The van der Waals surface area contributed by atoms with Crippen LogP contribution >= 0.6 is 12.2 Å². The molecule has 1 aliphatic rings. The van der Waals surface area contributed by atoms with E-state index in [1.165, 1.54) is 0 Å². The zero-order chi connectivity index (χ0) is 8.27. The highest BCUT2D eigenvalue weighted by Crippen LogP contribution is 2.18. The first-order chi connectivity index (χ1) is 5.18. The molecule has 0 fully saturated rings. The Kier molecular flexibility index (Phi) is 2.82. The maximum Gasteiger partial charge on any atom is 0.163 e. The van der Waals surface area contributed by atoms with Crippen LogP contribution in [0.25, 0.3) is 0 Å². The maximum absolute atomic E-state index is 12.5. The van der Waals surface area contributed by atoms with Crippen molar-refractivity contribution in [2.75, 3.05) is 0 Å². The van der Waals surface area contributed by atoms with Gasteiger partial charge in [0.25, 0.3) is 0 Å². The molecule has 0 aromatic carbocycles. The van der Waals surface area contributed by atoms with E-state index in [-0.39, 0.29) is 11.9 Å². The molecular formula is C7H11FN2S. The topological polar surface area (TPSA) is 38.0 Å². The summed E-state index contributed by atoms with van der Waals surface area (Å²) in [4.78, 5) is 0. The molecule has 0 amide bonds. The minimum atomic E-state index is -0.0222. The third-order valence-electron chi connectivity index (χ3n) is 1.70. The first-order valence-corrected chi connectivity index (χ1v) is 4.00. The summed E-state index contributed by atoms with van der Waals surface area (Å²) in [6, 6.07) is 0.229. The van der Waals surface area contributed by atoms with Crippen LogP contribution in [0.5, 0.6) is 0 Å². The largest absolute Gasteiger partial charge is 0.376 e. The van der Waals surface area contributed by atoms with Gasteiger partial charge in [-0.1, -0.05) is 6.08 Å². The fraction of sp³-hybridized carbons (Fsp3) is 0.571. The minimum absolute atomic E-state index is 0.0222. The molecule has 2 nitrogen and oxygen atoms in total. The number of hydrogen-bond donors (Lipinski definition) is 2. The van der Waals surface area contributed by atoms with E-state index < -0.39 is 0 Å². The fourth-order valence-electron chi connectivity index (χ4n) is 1.13. The van der Waals surface area contributed by atoms with Crippen molar-refractivity contribution in [3.05, 3.63) is 11.9 Å². The van der Waals surface area contributed by atoms with E-state index in [2.05, 4.69) is 17.5 Å². The van der Waals surface area contributed by atoms with E-state index >= 15 is 0 Å². The van der Waals surface area contributed by atoms with Gasteiger partial charge in [-0.15, -0.1) is 0 Å². The summed E-state index contributed by atoms with van der Waals surface area (Å²) in [5.41, 5.74) is 5.26. The molecule has 0 saturated heterocycles. The van der Waals surface area contributed by atoms with E-state index in [1.54, 1.807) is 6.08 Å². The number of halogens is 1. The van der Waals surface area contributed by atoms with E-state index in [0.29, 0.717) is 18.0 Å². The lowest BCUT2D eigenvalue weighted by molar-refractivity contribution is 0.472. The molecule has 0 heterocycles. The molecule has 11 heavy (non-hydrogen) atoms. The Bertz CT molecular complexity index is 191. The molecule has 0 bridgehead atoms. The van der Waals surface area contributed by atoms with Gasteiger partial charge in [-0.25, -0.2) is 4.39 Å². The average Bonchev–Trinajstić information content (AvgIpc) is 1.93. The highest BCUT2D eigenvalue weighted by atomic mass is 32.1. The van der Waals surface area contributed by atoms with Crippen molar-refractivity contribution in [3.8, 4) is 0 Å². The number of nitrogens with two attached hydrogens (primary N) is 1. The smallest absolute Gasteiger partial charge is 0.163 e. The SMILES string of the molecule is NC(=S)NC1CC=C(F)CC1. The molecule has 1 unspecified atom stereocenters. The van der Waals surface area contributed by atoms with Gasteiger partial charge >= 0.3 is 0 Å². The molecule has 62 valence electrons. The summed E-state index contributed by atoms with van der Waals surface area (Å²) in [6.45, 7) is 0. The van der Waals surface area contributed by atoms with Crippen LogP contribution < -0.4 is 11.1 Å². The van der Waals surface area contributed by atoms with Crippen molar-refractivity contribution in [2.45, 2.75) is 25.3 Å². The van der Waals surface area contributed by atoms with Crippen molar-refractivity contribution in [1.82, 2.24) is 5.32 Å². The van der Waals surface area contributed by atoms with E-state index in [0.717, 1.165) is 6.42 Å². The monoisotopic (exact) mass is 174 g/mol. The standard InChI is InChI=1S/C7H11FN2S/c8-5-1-3-6(4-2-5)10-7(9)11/h1,6H,2-4H2,(H3,9,10,11). The Labute approximate surface area is 70.6 Å². The molecule has 0 saturated carbocycles. The van der Waals surface area contributed by atoms with Gasteiger partial charge in [-0.05, 0) is 25.1 Å². The predicted molar refractivity (Wildman–Crippen MR) is 46.8 cm³/mol. The van der Waals surface area contributed by atoms with Crippen molar-refractivity contribution in [2.24, 2.45) is 5.73 Å². The summed E-state index contributed by atoms with van der Waals surface area (Å²) >= 11 is 4.66. The van der Waals surface area contributed by atoms with Gasteiger partial charge in [0.15, 0.2) is 5.11 Å². The molecule has 4 heteroatoms. The van der Waals surface area contributed by atoms with Crippen LogP contribution in [0.3, 0.4) is 0 Å². The van der Waals surface area contributed by atoms with Crippen LogP contribution in [0.15, 0.2) is 11.9 Å². The molecule has 0 aromatic heterocycles. The van der Waals surface area contributed by atoms with Crippen molar-refractivity contribution >= 4 is 17.3 Å².